The summed E-state index contributed by atoms with van der Waals surface area (Å²) < 4.78 is 0. The fraction of sp³-hybridized carbons (Fsp3) is 0.462. The minimum absolute atomic E-state index is 0.165. The Morgan fingerprint density at radius 1 is 1.35 bits per heavy atom. The first-order valence-corrected chi connectivity index (χ1v) is 5.93. The summed E-state index contributed by atoms with van der Waals surface area (Å²) in [6.45, 7) is 2.64. The van der Waals surface area contributed by atoms with Crippen molar-refractivity contribution in [2.45, 2.75) is 25.9 Å². The van der Waals surface area contributed by atoms with E-state index in [2.05, 4.69) is 10.6 Å². The van der Waals surface area contributed by atoms with Crippen molar-refractivity contribution in [1.29, 1.82) is 0 Å². The Labute approximate surface area is 101 Å². The van der Waals surface area contributed by atoms with Crippen LogP contribution in [0.2, 0.25) is 0 Å². The predicted molar refractivity (Wildman–Crippen MR) is 66.9 cm³/mol. The Kier molecular flexibility index (Phi) is 3.64. The van der Waals surface area contributed by atoms with Crippen LogP contribution < -0.4 is 10.6 Å². The second-order valence-electron chi connectivity index (χ2n) is 4.69. The molecule has 17 heavy (non-hydrogen) atoms. The number of aryl methyl sites for hydroxylation is 1. The van der Waals surface area contributed by atoms with Gasteiger partial charge in [0.15, 0.2) is 0 Å². The molecule has 4 heteroatoms. The lowest BCUT2D eigenvalue weighted by Crippen LogP contribution is -2.39. The van der Waals surface area contributed by atoms with Crippen molar-refractivity contribution < 1.29 is 9.90 Å². The molecule has 0 radical (unpaired) electrons. The molecule has 1 aromatic rings. The van der Waals surface area contributed by atoms with Gasteiger partial charge in [-0.2, -0.15) is 0 Å². The molecular formula is C13H18N2O2. The summed E-state index contributed by atoms with van der Waals surface area (Å²) in [5.41, 5.74) is 1.96. The quantitative estimate of drug-likeness (QED) is 0.748. The number of anilines is 1. The summed E-state index contributed by atoms with van der Waals surface area (Å²) in [6.07, 6.45) is 1.43. The predicted octanol–water partition coefficient (Wildman–Crippen LogP) is 1.89. The summed E-state index contributed by atoms with van der Waals surface area (Å²) >= 11 is 0. The third-order valence-corrected chi connectivity index (χ3v) is 3.07. The SMILES string of the molecule is Cc1ccc(NC(=O)NCC2CC(O)C2)cc1. The number of hydrogen-bond donors (Lipinski definition) is 3. The van der Waals surface area contributed by atoms with Gasteiger partial charge in [0.05, 0.1) is 6.10 Å². The van der Waals surface area contributed by atoms with Crippen molar-refractivity contribution in [2.24, 2.45) is 5.92 Å². The minimum atomic E-state index is -0.185. The molecule has 1 aromatic carbocycles. The minimum Gasteiger partial charge on any atom is -0.393 e. The Balaban J connectivity index is 1.71. The van der Waals surface area contributed by atoms with Gasteiger partial charge in [0.1, 0.15) is 0 Å². The molecule has 0 unspecified atom stereocenters. The average Bonchev–Trinajstić information content (AvgIpc) is 2.26. The van der Waals surface area contributed by atoms with Crippen LogP contribution in [0.25, 0.3) is 0 Å². The van der Waals surface area contributed by atoms with E-state index in [0.29, 0.717) is 12.5 Å². The molecule has 3 N–H and O–H groups in total. The lowest BCUT2D eigenvalue weighted by molar-refractivity contribution is 0.0443. The molecule has 1 fully saturated rings. The lowest BCUT2D eigenvalue weighted by Gasteiger charge is -2.31. The van der Waals surface area contributed by atoms with Crippen LogP contribution in [0.15, 0.2) is 24.3 Å². The Morgan fingerprint density at radius 2 is 2.00 bits per heavy atom. The van der Waals surface area contributed by atoms with E-state index in [4.69, 9.17) is 5.11 Å². The monoisotopic (exact) mass is 234 g/mol. The number of carbonyl (C=O) groups is 1. The Bertz CT molecular complexity index is 383. The molecule has 2 amide bonds. The second kappa shape index (κ2) is 5.19. The number of nitrogens with one attached hydrogen (secondary N) is 2. The van der Waals surface area contributed by atoms with Crippen LogP contribution in [0.4, 0.5) is 10.5 Å². The van der Waals surface area contributed by atoms with Crippen molar-refractivity contribution >= 4 is 11.7 Å². The number of aliphatic hydroxyl groups excluding tert-OH is 1. The van der Waals surface area contributed by atoms with Crippen LogP contribution in [-0.2, 0) is 0 Å². The smallest absolute Gasteiger partial charge is 0.319 e. The molecule has 1 aliphatic carbocycles. The van der Waals surface area contributed by atoms with Gasteiger partial charge in [-0.05, 0) is 37.8 Å². The zero-order valence-electron chi connectivity index (χ0n) is 9.94. The molecular weight excluding hydrogens is 216 g/mol. The van der Waals surface area contributed by atoms with E-state index in [-0.39, 0.29) is 12.1 Å². The van der Waals surface area contributed by atoms with Crippen LogP contribution in [0.3, 0.4) is 0 Å². The van der Waals surface area contributed by atoms with Crippen LogP contribution in [0.1, 0.15) is 18.4 Å². The molecule has 4 nitrogen and oxygen atoms in total. The Morgan fingerprint density at radius 3 is 2.59 bits per heavy atom. The van der Waals surface area contributed by atoms with E-state index in [1.165, 1.54) is 5.56 Å². The van der Waals surface area contributed by atoms with Gasteiger partial charge in [-0.1, -0.05) is 17.7 Å². The summed E-state index contributed by atoms with van der Waals surface area (Å²) in [7, 11) is 0. The third kappa shape index (κ3) is 3.46. The maximum Gasteiger partial charge on any atom is 0.319 e. The first kappa shape index (κ1) is 11.9. The van der Waals surface area contributed by atoms with E-state index < -0.39 is 0 Å². The van der Waals surface area contributed by atoms with Crippen molar-refractivity contribution in [1.82, 2.24) is 5.32 Å². The molecule has 0 spiro atoms. The number of rotatable bonds is 3. The number of carbonyl (C=O) groups excluding carboxylic acids is 1. The fourth-order valence-corrected chi connectivity index (χ4v) is 1.92. The highest BCUT2D eigenvalue weighted by Gasteiger charge is 2.27. The number of aliphatic hydroxyl groups is 1. The van der Waals surface area contributed by atoms with Gasteiger partial charge in [-0.3, -0.25) is 0 Å². The summed E-state index contributed by atoms with van der Waals surface area (Å²) in [4.78, 5) is 11.5. The molecule has 92 valence electrons. The van der Waals surface area contributed by atoms with E-state index in [1.807, 2.05) is 31.2 Å². The van der Waals surface area contributed by atoms with E-state index in [9.17, 15) is 4.79 Å². The highest BCUT2D eigenvalue weighted by atomic mass is 16.3. The molecule has 0 aromatic heterocycles. The van der Waals surface area contributed by atoms with Gasteiger partial charge in [-0.15, -0.1) is 0 Å². The maximum absolute atomic E-state index is 11.5. The second-order valence-corrected chi connectivity index (χ2v) is 4.69. The highest BCUT2D eigenvalue weighted by Crippen LogP contribution is 2.26. The van der Waals surface area contributed by atoms with Gasteiger partial charge in [-0.25, -0.2) is 4.79 Å². The standard InChI is InChI=1S/C13H18N2O2/c1-9-2-4-11(5-3-9)15-13(17)14-8-10-6-12(16)7-10/h2-5,10,12,16H,6-8H2,1H3,(H2,14,15,17). The summed E-state index contributed by atoms with van der Waals surface area (Å²) in [5, 5.41) is 14.7. The molecule has 0 saturated heterocycles. The van der Waals surface area contributed by atoms with E-state index >= 15 is 0 Å². The molecule has 2 rings (SSSR count). The number of benzene rings is 1. The van der Waals surface area contributed by atoms with Crippen molar-refractivity contribution in [2.75, 3.05) is 11.9 Å². The highest BCUT2D eigenvalue weighted by molar-refractivity contribution is 5.89. The number of amides is 2. The fourth-order valence-electron chi connectivity index (χ4n) is 1.92. The van der Waals surface area contributed by atoms with Crippen LogP contribution in [-0.4, -0.2) is 23.8 Å². The molecule has 1 saturated carbocycles. The molecule has 1 aliphatic rings. The van der Waals surface area contributed by atoms with Crippen LogP contribution in [0, 0.1) is 12.8 Å². The zero-order chi connectivity index (χ0) is 12.3. The first-order chi connectivity index (χ1) is 8.13. The van der Waals surface area contributed by atoms with Crippen molar-refractivity contribution in [3.63, 3.8) is 0 Å². The van der Waals surface area contributed by atoms with Gasteiger partial charge >= 0.3 is 6.03 Å². The third-order valence-electron chi connectivity index (χ3n) is 3.07. The average molecular weight is 234 g/mol. The molecule has 0 aliphatic heterocycles. The normalized spacial score (nSPS) is 22.7. The Hall–Kier alpha value is -1.55. The van der Waals surface area contributed by atoms with E-state index in [0.717, 1.165) is 18.5 Å². The molecule has 0 atom stereocenters. The largest absolute Gasteiger partial charge is 0.393 e. The first-order valence-electron chi connectivity index (χ1n) is 5.93. The van der Waals surface area contributed by atoms with Crippen LogP contribution >= 0.6 is 0 Å². The maximum atomic E-state index is 11.5. The van der Waals surface area contributed by atoms with E-state index in [1.54, 1.807) is 0 Å². The van der Waals surface area contributed by atoms with Gasteiger partial charge in [0, 0.05) is 12.2 Å². The lowest BCUT2D eigenvalue weighted by atomic mass is 9.82. The molecule has 0 bridgehead atoms. The number of hydrogen-bond acceptors (Lipinski definition) is 2. The van der Waals surface area contributed by atoms with Gasteiger partial charge in [0.2, 0.25) is 0 Å². The van der Waals surface area contributed by atoms with Crippen molar-refractivity contribution in [3.8, 4) is 0 Å². The topological polar surface area (TPSA) is 61.4 Å². The van der Waals surface area contributed by atoms with Gasteiger partial charge < -0.3 is 15.7 Å². The zero-order valence-corrected chi connectivity index (χ0v) is 9.94. The number of urea groups is 1. The summed E-state index contributed by atoms with van der Waals surface area (Å²) in [5.74, 6) is 0.425. The van der Waals surface area contributed by atoms with Crippen molar-refractivity contribution in [3.05, 3.63) is 29.8 Å². The summed E-state index contributed by atoms with van der Waals surface area (Å²) in [6, 6.07) is 7.48. The molecule has 0 heterocycles. The van der Waals surface area contributed by atoms with Gasteiger partial charge in [0.25, 0.3) is 0 Å². The van der Waals surface area contributed by atoms with Crippen LogP contribution in [0.5, 0.6) is 0 Å².